The van der Waals surface area contributed by atoms with Crippen molar-refractivity contribution in [1.29, 1.82) is 0 Å². The Morgan fingerprint density at radius 3 is 2.34 bits per heavy atom. The number of hydrogen-bond donors (Lipinski definition) is 3. The van der Waals surface area contributed by atoms with Crippen LogP contribution in [0.15, 0.2) is 47.4 Å². The van der Waals surface area contributed by atoms with Crippen molar-refractivity contribution in [2.24, 2.45) is 0 Å². The minimum Gasteiger partial charge on any atom is -0.481 e. The summed E-state index contributed by atoms with van der Waals surface area (Å²) in [5, 5.41) is 22.6. The van der Waals surface area contributed by atoms with Gasteiger partial charge in [-0.1, -0.05) is 11.6 Å². The average Bonchev–Trinajstić information content (AvgIpc) is 2.60. The molecule has 2 aromatic rings. The maximum Gasteiger partial charge on any atom is 0.305 e. The van der Waals surface area contributed by atoms with Gasteiger partial charge < -0.3 is 10.4 Å². The van der Waals surface area contributed by atoms with Crippen LogP contribution in [0.4, 0.5) is 11.4 Å². The van der Waals surface area contributed by atoms with Gasteiger partial charge in [0.05, 0.1) is 22.3 Å². The highest BCUT2D eigenvalue weighted by atomic mass is 35.5. The first-order valence-electron chi connectivity index (χ1n) is 8.05. The van der Waals surface area contributed by atoms with Crippen LogP contribution in [0.3, 0.4) is 0 Å². The first-order valence-corrected chi connectivity index (χ1v) is 9.91. The quantitative estimate of drug-likeness (QED) is 0.420. The van der Waals surface area contributed by atoms with E-state index in [1.807, 2.05) is 0 Å². The highest BCUT2D eigenvalue weighted by molar-refractivity contribution is 7.89. The van der Waals surface area contributed by atoms with Gasteiger partial charge in [0, 0.05) is 29.8 Å². The second-order valence-corrected chi connectivity index (χ2v) is 8.06. The van der Waals surface area contributed by atoms with Crippen molar-refractivity contribution in [2.75, 3.05) is 5.32 Å². The number of nitro benzene ring substituents is 1. The Hall–Kier alpha value is -3.02. The summed E-state index contributed by atoms with van der Waals surface area (Å²) in [7, 11) is -4.20. The van der Waals surface area contributed by atoms with Crippen LogP contribution in [0.25, 0.3) is 0 Å². The SMILES string of the molecule is CC(=O)Nc1ccc(S(=O)(=O)N[C@H](CC(=O)O)c2cc([N+](=O)[O-])ccc2Cl)cc1. The Morgan fingerprint density at radius 2 is 1.83 bits per heavy atom. The molecule has 2 aromatic carbocycles. The fraction of sp³-hybridized carbons (Fsp3) is 0.176. The van der Waals surface area contributed by atoms with E-state index in [0.717, 1.165) is 12.1 Å². The molecule has 1 atom stereocenters. The van der Waals surface area contributed by atoms with E-state index in [0.29, 0.717) is 5.69 Å². The topological polar surface area (TPSA) is 156 Å². The lowest BCUT2D eigenvalue weighted by atomic mass is 10.0. The van der Waals surface area contributed by atoms with Crippen molar-refractivity contribution in [3.8, 4) is 0 Å². The number of carboxylic acid groups (broad SMARTS) is 1. The van der Waals surface area contributed by atoms with Gasteiger partial charge in [-0.15, -0.1) is 0 Å². The van der Waals surface area contributed by atoms with E-state index >= 15 is 0 Å². The summed E-state index contributed by atoms with van der Waals surface area (Å²) in [4.78, 5) is 32.4. The Kier molecular flexibility index (Phi) is 6.90. The minimum absolute atomic E-state index is 0.0226. The number of non-ortho nitro benzene ring substituents is 1. The van der Waals surface area contributed by atoms with Crippen LogP contribution in [0.1, 0.15) is 24.9 Å². The fourth-order valence-corrected chi connectivity index (χ4v) is 3.94. The summed E-state index contributed by atoms with van der Waals surface area (Å²) in [6.45, 7) is 1.30. The molecule has 0 saturated heterocycles. The van der Waals surface area contributed by atoms with E-state index in [-0.39, 0.29) is 27.1 Å². The van der Waals surface area contributed by atoms with Crippen LogP contribution in [-0.2, 0) is 19.6 Å². The smallest absolute Gasteiger partial charge is 0.305 e. The third-order valence-electron chi connectivity index (χ3n) is 3.73. The predicted molar refractivity (Wildman–Crippen MR) is 104 cm³/mol. The maximum absolute atomic E-state index is 12.7. The first kappa shape index (κ1) is 22.3. The predicted octanol–water partition coefficient (Wildman–Crippen LogP) is 2.70. The molecule has 3 N–H and O–H groups in total. The monoisotopic (exact) mass is 441 g/mol. The van der Waals surface area contributed by atoms with E-state index in [4.69, 9.17) is 16.7 Å². The van der Waals surface area contributed by atoms with Gasteiger partial charge in [0.15, 0.2) is 0 Å². The van der Waals surface area contributed by atoms with Crippen molar-refractivity contribution >= 4 is 44.9 Å². The second kappa shape index (κ2) is 8.99. The second-order valence-electron chi connectivity index (χ2n) is 5.94. The number of aliphatic carboxylic acids is 1. The Bertz CT molecular complexity index is 1060. The fourth-order valence-electron chi connectivity index (χ4n) is 2.48. The largest absolute Gasteiger partial charge is 0.481 e. The zero-order chi connectivity index (χ0) is 21.8. The number of benzene rings is 2. The van der Waals surface area contributed by atoms with Gasteiger partial charge in [-0.3, -0.25) is 19.7 Å². The number of carbonyl (C=O) groups excluding carboxylic acids is 1. The molecule has 29 heavy (non-hydrogen) atoms. The van der Waals surface area contributed by atoms with E-state index in [9.17, 15) is 28.1 Å². The number of amides is 1. The maximum atomic E-state index is 12.7. The lowest BCUT2D eigenvalue weighted by Gasteiger charge is -2.19. The summed E-state index contributed by atoms with van der Waals surface area (Å²) in [6, 6.07) is 7.17. The molecule has 0 aromatic heterocycles. The summed E-state index contributed by atoms with van der Waals surface area (Å²) in [5.41, 5.74) is -0.0272. The summed E-state index contributed by atoms with van der Waals surface area (Å²) < 4.78 is 27.6. The third kappa shape index (κ3) is 5.98. The van der Waals surface area contributed by atoms with Gasteiger partial charge in [-0.25, -0.2) is 13.1 Å². The normalized spacial score (nSPS) is 12.2. The number of carbonyl (C=O) groups is 2. The Morgan fingerprint density at radius 1 is 1.21 bits per heavy atom. The molecule has 0 aliphatic carbocycles. The third-order valence-corrected chi connectivity index (χ3v) is 5.56. The van der Waals surface area contributed by atoms with Crippen molar-refractivity contribution in [1.82, 2.24) is 4.72 Å². The highest BCUT2D eigenvalue weighted by Crippen LogP contribution is 2.30. The lowest BCUT2D eigenvalue weighted by molar-refractivity contribution is -0.384. The molecule has 154 valence electrons. The number of nitrogens with one attached hydrogen (secondary N) is 2. The number of halogens is 1. The van der Waals surface area contributed by atoms with E-state index < -0.39 is 33.4 Å². The van der Waals surface area contributed by atoms with E-state index in [1.54, 1.807) is 0 Å². The highest BCUT2D eigenvalue weighted by Gasteiger charge is 2.27. The van der Waals surface area contributed by atoms with Crippen LogP contribution in [0.5, 0.6) is 0 Å². The molecular weight excluding hydrogens is 426 g/mol. The first-order chi connectivity index (χ1) is 13.5. The molecule has 0 aliphatic rings. The molecule has 12 heteroatoms. The van der Waals surface area contributed by atoms with E-state index in [2.05, 4.69) is 10.0 Å². The Balaban J connectivity index is 2.39. The molecule has 0 fully saturated rings. The van der Waals surface area contributed by atoms with Gasteiger partial charge in [-0.05, 0) is 35.9 Å². The zero-order valence-electron chi connectivity index (χ0n) is 15.0. The number of rotatable bonds is 8. The van der Waals surface area contributed by atoms with Gasteiger partial charge in [0.1, 0.15) is 0 Å². The number of anilines is 1. The van der Waals surface area contributed by atoms with Crippen molar-refractivity contribution < 1.29 is 28.0 Å². The van der Waals surface area contributed by atoms with Gasteiger partial charge >= 0.3 is 5.97 Å². The molecule has 0 unspecified atom stereocenters. The molecule has 10 nitrogen and oxygen atoms in total. The summed E-state index contributed by atoms with van der Waals surface area (Å²) in [6.07, 6.45) is -0.690. The number of nitro groups is 1. The van der Waals surface area contributed by atoms with Crippen LogP contribution >= 0.6 is 11.6 Å². The van der Waals surface area contributed by atoms with Crippen LogP contribution < -0.4 is 10.0 Å². The summed E-state index contributed by atoms with van der Waals surface area (Å²) in [5.74, 6) is -1.66. The molecule has 0 aliphatic heterocycles. The molecule has 0 spiro atoms. The molecule has 0 bridgehead atoms. The van der Waals surface area contributed by atoms with Crippen molar-refractivity contribution in [3.05, 3.63) is 63.2 Å². The molecular formula is C17H16ClN3O7S. The minimum atomic E-state index is -4.20. The van der Waals surface area contributed by atoms with Crippen LogP contribution in [0, 0.1) is 10.1 Å². The lowest BCUT2D eigenvalue weighted by Crippen LogP contribution is -2.30. The van der Waals surface area contributed by atoms with Gasteiger partial charge in [0.25, 0.3) is 5.69 Å². The number of sulfonamides is 1. The molecule has 0 radical (unpaired) electrons. The summed E-state index contributed by atoms with van der Waals surface area (Å²) >= 11 is 6.03. The molecule has 2 rings (SSSR count). The van der Waals surface area contributed by atoms with Crippen molar-refractivity contribution in [2.45, 2.75) is 24.3 Å². The van der Waals surface area contributed by atoms with Crippen LogP contribution in [-0.4, -0.2) is 30.3 Å². The molecule has 1 amide bonds. The van der Waals surface area contributed by atoms with Gasteiger partial charge in [-0.2, -0.15) is 0 Å². The van der Waals surface area contributed by atoms with Crippen molar-refractivity contribution in [3.63, 3.8) is 0 Å². The standard InChI is InChI=1S/C17H16ClN3O7S/c1-10(22)19-11-2-5-13(6-3-11)29(27,28)20-16(9-17(23)24)14-8-12(21(25)26)4-7-15(14)18/h2-8,16,20H,9H2,1H3,(H,19,22)(H,23,24)/t16-/m1/s1. The number of nitrogens with zero attached hydrogens (tertiary/aromatic N) is 1. The van der Waals surface area contributed by atoms with Gasteiger partial charge in [0.2, 0.25) is 15.9 Å². The number of hydrogen-bond acceptors (Lipinski definition) is 6. The Labute approximate surface area is 170 Å². The average molecular weight is 442 g/mol. The molecule has 0 saturated carbocycles. The zero-order valence-corrected chi connectivity index (χ0v) is 16.5. The number of carboxylic acids is 1. The van der Waals surface area contributed by atoms with E-state index in [1.165, 1.54) is 37.3 Å². The van der Waals surface area contributed by atoms with Crippen LogP contribution in [0.2, 0.25) is 5.02 Å². The molecule has 0 heterocycles.